The predicted octanol–water partition coefficient (Wildman–Crippen LogP) is 3.50. The molecule has 112 valence electrons. The average Bonchev–Trinajstić information content (AvgIpc) is 2.89. The van der Waals surface area contributed by atoms with Crippen LogP contribution in [-0.2, 0) is 7.05 Å². The number of aryl methyl sites for hydroxylation is 1. The van der Waals surface area contributed by atoms with Gasteiger partial charge in [0, 0.05) is 12.6 Å². The lowest BCUT2D eigenvalue weighted by Gasteiger charge is -2.15. The lowest BCUT2D eigenvalue weighted by Crippen LogP contribution is -2.13. The van der Waals surface area contributed by atoms with Gasteiger partial charge < -0.3 is 15.0 Å². The summed E-state index contributed by atoms with van der Waals surface area (Å²) in [5, 5.41) is 13.4. The fourth-order valence-electron chi connectivity index (χ4n) is 2.47. The van der Waals surface area contributed by atoms with E-state index in [1.54, 1.807) is 6.20 Å². The largest absolute Gasteiger partial charge is 0.369 e. The van der Waals surface area contributed by atoms with E-state index in [2.05, 4.69) is 10.3 Å². The maximum absolute atomic E-state index is 10.3. The molecule has 1 atom stereocenters. The van der Waals surface area contributed by atoms with Gasteiger partial charge in [-0.15, -0.1) is 0 Å². The molecule has 4 heteroatoms. The summed E-state index contributed by atoms with van der Waals surface area (Å²) in [6.07, 6.45) is 1.02. The zero-order chi connectivity index (χ0) is 15.5. The molecule has 2 aromatic carbocycles. The van der Waals surface area contributed by atoms with Crippen molar-refractivity contribution >= 4 is 5.95 Å². The third-order valence-corrected chi connectivity index (χ3v) is 3.68. The molecule has 0 aliphatic rings. The second kappa shape index (κ2) is 6.03. The molecule has 4 nitrogen and oxygen atoms in total. The van der Waals surface area contributed by atoms with E-state index in [1.807, 2.05) is 73.1 Å². The smallest absolute Gasteiger partial charge is 0.205 e. The molecule has 0 radical (unpaired) electrons. The average molecular weight is 293 g/mol. The van der Waals surface area contributed by atoms with Crippen LogP contribution < -0.4 is 5.32 Å². The Kier molecular flexibility index (Phi) is 3.94. The molecule has 0 bridgehead atoms. The number of nitrogens with one attached hydrogen (secondary N) is 1. The van der Waals surface area contributed by atoms with Crippen LogP contribution in [0.2, 0.25) is 0 Å². The van der Waals surface area contributed by atoms with Crippen LogP contribution in [0, 0.1) is 6.92 Å². The van der Waals surface area contributed by atoms with Crippen molar-refractivity contribution in [3.05, 3.63) is 71.9 Å². The number of aliphatic hydroxyl groups is 1. The summed E-state index contributed by atoms with van der Waals surface area (Å²) < 4.78 is 1.94. The summed E-state index contributed by atoms with van der Waals surface area (Å²) in [5.41, 5.74) is 4.03. The molecule has 0 aliphatic heterocycles. The van der Waals surface area contributed by atoms with Gasteiger partial charge in [-0.3, -0.25) is 0 Å². The monoisotopic (exact) mass is 293 g/mol. The van der Waals surface area contributed by atoms with E-state index >= 15 is 0 Å². The van der Waals surface area contributed by atoms with Gasteiger partial charge in [-0.05, 0) is 12.5 Å². The summed E-state index contributed by atoms with van der Waals surface area (Å²) in [6, 6.07) is 17.8. The first-order chi connectivity index (χ1) is 10.6. The Morgan fingerprint density at radius 2 is 1.86 bits per heavy atom. The molecule has 3 rings (SSSR count). The highest BCUT2D eigenvalue weighted by Crippen LogP contribution is 2.23. The molecule has 2 N–H and O–H groups in total. The van der Waals surface area contributed by atoms with Crippen molar-refractivity contribution in [3.63, 3.8) is 0 Å². The van der Waals surface area contributed by atoms with Crippen LogP contribution in [0.3, 0.4) is 0 Å². The molecule has 0 saturated carbocycles. The number of aromatic nitrogens is 2. The highest BCUT2D eigenvalue weighted by Gasteiger charge is 2.13. The van der Waals surface area contributed by atoms with Crippen LogP contribution in [0.15, 0.2) is 60.8 Å². The van der Waals surface area contributed by atoms with Crippen molar-refractivity contribution in [2.45, 2.75) is 13.2 Å². The van der Waals surface area contributed by atoms with Crippen molar-refractivity contribution in [3.8, 4) is 11.3 Å². The van der Waals surface area contributed by atoms with Gasteiger partial charge in [0.1, 0.15) is 0 Å². The normalized spacial score (nSPS) is 12.1. The van der Waals surface area contributed by atoms with Crippen molar-refractivity contribution in [1.82, 2.24) is 9.55 Å². The molecule has 0 amide bonds. The lowest BCUT2D eigenvalue weighted by molar-refractivity contribution is 0.206. The Morgan fingerprint density at radius 1 is 1.09 bits per heavy atom. The molecule has 1 unspecified atom stereocenters. The van der Waals surface area contributed by atoms with Gasteiger partial charge in [-0.1, -0.05) is 60.2 Å². The number of benzene rings is 2. The zero-order valence-corrected chi connectivity index (χ0v) is 12.7. The van der Waals surface area contributed by atoms with Crippen LogP contribution in [0.1, 0.15) is 17.4 Å². The molecular formula is C18H19N3O. The van der Waals surface area contributed by atoms with Crippen LogP contribution in [0.4, 0.5) is 5.95 Å². The molecule has 0 aliphatic carbocycles. The minimum Gasteiger partial charge on any atom is -0.369 e. The molecule has 0 saturated heterocycles. The Bertz CT molecular complexity index is 765. The molecule has 3 aromatic rings. The topological polar surface area (TPSA) is 50.1 Å². The number of anilines is 1. The van der Waals surface area contributed by atoms with Crippen molar-refractivity contribution in [2.24, 2.45) is 7.05 Å². The van der Waals surface area contributed by atoms with E-state index in [9.17, 15) is 5.11 Å². The molecule has 1 aromatic heterocycles. The van der Waals surface area contributed by atoms with Crippen molar-refractivity contribution in [2.75, 3.05) is 5.32 Å². The van der Waals surface area contributed by atoms with E-state index in [4.69, 9.17) is 0 Å². The first-order valence-electron chi connectivity index (χ1n) is 7.23. The Labute approximate surface area is 130 Å². The fourth-order valence-corrected chi connectivity index (χ4v) is 2.47. The fraction of sp³-hybridized carbons (Fsp3) is 0.167. The third-order valence-electron chi connectivity index (χ3n) is 3.68. The van der Waals surface area contributed by atoms with Gasteiger partial charge in [0.05, 0.1) is 11.9 Å². The van der Waals surface area contributed by atoms with E-state index in [0.29, 0.717) is 5.95 Å². The number of imidazole rings is 1. The maximum Gasteiger partial charge on any atom is 0.205 e. The van der Waals surface area contributed by atoms with E-state index < -0.39 is 6.23 Å². The van der Waals surface area contributed by atoms with Gasteiger partial charge in [0.2, 0.25) is 5.95 Å². The number of aliphatic hydroxyl groups excluding tert-OH is 1. The lowest BCUT2D eigenvalue weighted by atomic mass is 10.1. The first-order valence-corrected chi connectivity index (χ1v) is 7.23. The highest BCUT2D eigenvalue weighted by molar-refractivity contribution is 5.61. The number of hydrogen-bond acceptors (Lipinski definition) is 3. The Hall–Kier alpha value is -2.59. The predicted molar refractivity (Wildman–Crippen MR) is 88.4 cm³/mol. The minimum atomic E-state index is -0.787. The van der Waals surface area contributed by atoms with Crippen LogP contribution in [0.25, 0.3) is 11.3 Å². The Morgan fingerprint density at radius 3 is 2.59 bits per heavy atom. The van der Waals surface area contributed by atoms with Gasteiger partial charge >= 0.3 is 0 Å². The van der Waals surface area contributed by atoms with Crippen molar-refractivity contribution < 1.29 is 5.11 Å². The highest BCUT2D eigenvalue weighted by atomic mass is 16.3. The second-order valence-corrected chi connectivity index (χ2v) is 5.35. The number of hydrogen-bond donors (Lipinski definition) is 2. The number of nitrogens with zero attached hydrogens (tertiary/aromatic N) is 2. The standard InChI is InChI=1S/C18H19N3O/c1-13-7-6-10-15(11-13)17(22)20-18-19-12-16(21(18)2)14-8-4-3-5-9-14/h3-12,17,22H,1-2H3,(H,19,20). The molecule has 22 heavy (non-hydrogen) atoms. The van der Waals surface area contributed by atoms with E-state index in [0.717, 1.165) is 22.4 Å². The summed E-state index contributed by atoms with van der Waals surface area (Å²) >= 11 is 0. The molecule has 1 heterocycles. The van der Waals surface area contributed by atoms with Crippen LogP contribution in [0.5, 0.6) is 0 Å². The maximum atomic E-state index is 10.3. The van der Waals surface area contributed by atoms with Gasteiger partial charge in [-0.2, -0.15) is 0 Å². The van der Waals surface area contributed by atoms with Gasteiger partial charge in [0.15, 0.2) is 6.23 Å². The molecule has 0 fully saturated rings. The zero-order valence-electron chi connectivity index (χ0n) is 12.7. The minimum absolute atomic E-state index is 0.632. The Balaban J connectivity index is 1.83. The first kappa shape index (κ1) is 14.4. The number of rotatable bonds is 4. The van der Waals surface area contributed by atoms with Gasteiger partial charge in [-0.25, -0.2) is 4.98 Å². The summed E-state index contributed by atoms with van der Waals surface area (Å²) in [4.78, 5) is 4.37. The van der Waals surface area contributed by atoms with Crippen LogP contribution in [-0.4, -0.2) is 14.7 Å². The summed E-state index contributed by atoms with van der Waals surface area (Å²) in [7, 11) is 1.93. The van der Waals surface area contributed by atoms with Gasteiger partial charge in [0.25, 0.3) is 0 Å². The van der Waals surface area contributed by atoms with Crippen molar-refractivity contribution in [1.29, 1.82) is 0 Å². The van der Waals surface area contributed by atoms with Crippen LogP contribution >= 0.6 is 0 Å². The SMILES string of the molecule is Cc1cccc(C(O)Nc2ncc(-c3ccccc3)n2C)c1. The molecule has 0 spiro atoms. The summed E-state index contributed by atoms with van der Waals surface area (Å²) in [5.74, 6) is 0.632. The second-order valence-electron chi connectivity index (χ2n) is 5.35. The van der Waals surface area contributed by atoms with E-state index in [1.165, 1.54) is 0 Å². The summed E-state index contributed by atoms with van der Waals surface area (Å²) in [6.45, 7) is 2.00. The van der Waals surface area contributed by atoms with E-state index in [-0.39, 0.29) is 0 Å². The third kappa shape index (κ3) is 2.87. The molecular weight excluding hydrogens is 274 g/mol. The quantitative estimate of drug-likeness (QED) is 0.724.